The van der Waals surface area contributed by atoms with E-state index in [1.54, 1.807) is 18.6 Å². The summed E-state index contributed by atoms with van der Waals surface area (Å²) in [6.45, 7) is 9.08. The van der Waals surface area contributed by atoms with Crippen LogP contribution in [0.15, 0.2) is 30.7 Å². The first kappa shape index (κ1) is 22.5. The van der Waals surface area contributed by atoms with Crippen LogP contribution in [-0.4, -0.2) is 38.0 Å². The van der Waals surface area contributed by atoms with Crippen molar-refractivity contribution in [3.8, 4) is 17.5 Å². The first-order valence-corrected chi connectivity index (χ1v) is 12.4. The highest BCUT2D eigenvalue weighted by Crippen LogP contribution is 2.46. The second-order valence-corrected chi connectivity index (χ2v) is 10.7. The van der Waals surface area contributed by atoms with Crippen LogP contribution in [0.25, 0.3) is 16.9 Å². The van der Waals surface area contributed by atoms with Crippen LogP contribution in [0.2, 0.25) is 0 Å². The average Bonchev–Trinajstić information content (AvgIpc) is 3.62. The van der Waals surface area contributed by atoms with Gasteiger partial charge in [0.2, 0.25) is 0 Å². The number of carbonyl (C=O) groups is 1. The van der Waals surface area contributed by atoms with Crippen LogP contribution >= 0.6 is 0 Å². The summed E-state index contributed by atoms with van der Waals surface area (Å²) in [5.74, 6) is 1.92. The number of nitrogens with zero attached hydrogens (tertiary/aromatic N) is 6. The number of nitriles is 1. The zero-order chi connectivity index (χ0) is 24.0. The van der Waals surface area contributed by atoms with Crippen molar-refractivity contribution >= 4 is 17.1 Å². The quantitative estimate of drug-likeness (QED) is 0.528. The number of carbonyl (C=O) groups excluding carboxylic acids is 1. The molecule has 0 amide bonds. The minimum absolute atomic E-state index is 0.0993. The first-order valence-electron chi connectivity index (χ1n) is 12.4. The molecule has 7 heteroatoms. The molecule has 3 aromatic rings. The predicted octanol–water partition coefficient (Wildman–Crippen LogP) is 5.15. The standard InChI is InChI=1S/C27H32N6O/c1-5-20-13-19(25(34)27(2,3)4)9-11-32(20)26-24-21(18-6-7-18)14-23(33(24)31-16-30-26)22-12-17(15-28)8-10-29-22/h8,10,12,14,16,18-20H,5-7,9,11,13H2,1-4H3/t19?,20-/m1/s1. The van der Waals surface area contributed by atoms with Gasteiger partial charge in [0.05, 0.1) is 23.0 Å². The van der Waals surface area contributed by atoms with Gasteiger partial charge in [0.1, 0.15) is 17.6 Å². The second-order valence-electron chi connectivity index (χ2n) is 10.7. The summed E-state index contributed by atoms with van der Waals surface area (Å²) in [6, 6.07) is 8.19. The van der Waals surface area contributed by atoms with E-state index in [9.17, 15) is 10.1 Å². The van der Waals surface area contributed by atoms with E-state index < -0.39 is 0 Å². The fraction of sp³-hybridized carbons (Fsp3) is 0.519. The molecule has 4 heterocycles. The Kier molecular flexibility index (Phi) is 5.63. The van der Waals surface area contributed by atoms with E-state index in [0.717, 1.165) is 48.5 Å². The van der Waals surface area contributed by atoms with Gasteiger partial charge in [-0.25, -0.2) is 9.50 Å². The molecule has 0 aromatic carbocycles. The molecule has 1 aliphatic heterocycles. The molecular formula is C27H32N6O. The molecule has 176 valence electrons. The fourth-order valence-electron chi connectivity index (χ4n) is 5.36. The van der Waals surface area contributed by atoms with Crippen molar-refractivity contribution in [2.45, 2.75) is 71.8 Å². The third-order valence-corrected chi connectivity index (χ3v) is 7.30. The summed E-state index contributed by atoms with van der Waals surface area (Å²) in [5.41, 5.74) is 4.21. The van der Waals surface area contributed by atoms with Crippen LogP contribution in [0.1, 0.15) is 76.8 Å². The minimum Gasteiger partial charge on any atom is -0.352 e. The van der Waals surface area contributed by atoms with E-state index >= 15 is 0 Å². The number of pyridine rings is 1. The maximum Gasteiger partial charge on any atom is 0.157 e. The van der Waals surface area contributed by atoms with Gasteiger partial charge in [-0.2, -0.15) is 10.4 Å². The lowest BCUT2D eigenvalue weighted by molar-refractivity contribution is -0.131. The number of fused-ring (bicyclic) bond motifs is 1. The van der Waals surface area contributed by atoms with Crippen LogP contribution in [-0.2, 0) is 4.79 Å². The van der Waals surface area contributed by atoms with Crippen molar-refractivity contribution in [2.24, 2.45) is 11.3 Å². The van der Waals surface area contributed by atoms with Crippen LogP contribution in [0.3, 0.4) is 0 Å². The number of ketones is 1. The first-order chi connectivity index (χ1) is 16.3. The van der Waals surface area contributed by atoms with Gasteiger partial charge in [-0.3, -0.25) is 9.78 Å². The van der Waals surface area contributed by atoms with E-state index in [-0.39, 0.29) is 17.4 Å². The van der Waals surface area contributed by atoms with Crippen molar-refractivity contribution in [3.63, 3.8) is 0 Å². The third kappa shape index (κ3) is 3.96. The van der Waals surface area contributed by atoms with Gasteiger partial charge in [-0.15, -0.1) is 0 Å². The number of hydrogen-bond donors (Lipinski definition) is 0. The normalized spacial score (nSPS) is 21.0. The number of Topliss-reactive ketones (excluding diaryl/α,β-unsaturated/α-hetero) is 1. The SMILES string of the molecule is CC[C@@H]1CC(C(=O)C(C)(C)C)CCN1c1ncnn2c(-c3cc(C#N)ccn3)cc(C3CC3)c12. The molecule has 7 nitrogen and oxygen atoms in total. The third-order valence-electron chi connectivity index (χ3n) is 7.30. The Morgan fingerprint density at radius 3 is 2.68 bits per heavy atom. The Hall–Kier alpha value is -3.27. The fourth-order valence-corrected chi connectivity index (χ4v) is 5.36. The number of piperidine rings is 1. The molecule has 2 fully saturated rings. The summed E-state index contributed by atoms with van der Waals surface area (Å²) < 4.78 is 1.96. The van der Waals surface area contributed by atoms with Gasteiger partial charge in [0.15, 0.2) is 5.82 Å². The summed E-state index contributed by atoms with van der Waals surface area (Å²) in [4.78, 5) is 24.8. The second kappa shape index (κ2) is 8.50. The number of anilines is 1. The lowest BCUT2D eigenvalue weighted by Gasteiger charge is -2.41. The molecular weight excluding hydrogens is 424 g/mol. The molecule has 5 rings (SSSR count). The van der Waals surface area contributed by atoms with Crippen molar-refractivity contribution in [3.05, 3.63) is 41.9 Å². The topological polar surface area (TPSA) is 87.2 Å². The molecule has 1 saturated carbocycles. The van der Waals surface area contributed by atoms with Gasteiger partial charge in [0.25, 0.3) is 0 Å². The highest BCUT2D eigenvalue weighted by atomic mass is 16.1. The van der Waals surface area contributed by atoms with Crippen LogP contribution in [0, 0.1) is 22.7 Å². The van der Waals surface area contributed by atoms with E-state index in [1.165, 1.54) is 18.4 Å². The Balaban J connectivity index is 1.58. The van der Waals surface area contributed by atoms with Gasteiger partial charge in [-0.05, 0) is 61.8 Å². The molecule has 1 unspecified atom stereocenters. The van der Waals surface area contributed by atoms with Crippen LogP contribution in [0.5, 0.6) is 0 Å². The minimum atomic E-state index is -0.312. The Morgan fingerprint density at radius 2 is 2.00 bits per heavy atom. The smallest absolute Gasteiger partial charge is 0.157 e. The lowest BCUT2D eigenvalue weighted by atomic mass is 9.76. The molecule has 0 spiro atoms. The van der Waals surface area contributed by atoms with Gasteiger partial charge in [0, 0.05) is 30.1 Å². The van der Waals surface area contributed by atoms with Crippen molar-refractivity contribution in [2.75, 3.05) is 11.4 Å². The van der Waals surface area contributed by atoms with Gasteiger partial charge < -0.3 is 4.90 Å². The van der Waals surface area contributed by atoms with Crippen molar-refractivity contribution < 1.29 is 4.79 Å². The summed E-state index contributed by atoms with van der Waals surface area (Å²) in [6.07, 6.45) is 8.30. The number of hydrogen-bond acceptors (Lipinski definition) is 6. The van der Waals surface area contributed by atoms with Gasteiger partial charge >= 0.3 is 0 Å². The molecule has 2 aliphatic rings. The van der Waals surface area contributed by atoms with Crippen LogP contribution < -0.4 is 4.90 Å². The highest BCUT2D eigenvalue weighted by molar-refractivity contribution is 5.86. The lowest BCUT2D eigenvalue weighted by Crippen LogP contribution is -2.46. The number of rotatable bonds is 5. The molecule has 0 N–H and O–H groups in total. The highest BCUT2D eigenvalue weighted by Gasteiger charge is 2.38. The molecule has 1 saturated heterocycles. The predicted molar refractivity (Wildman–Crippen MR) is 132 cm³/mol. The van der Waals surface area contributed by atoms with E-state index in [1.807, 2.05) is 31.4 Å². The molecule has 0 radical (unpaired) electrons. The molecule has 34 heavy (non-hydrogen) atoms. The average molecular weight is 457 g/mol. The Bertz CT molecular complexity index is 1280. The maximum absolute atomic E-state index is 13.0. The number of aromatic nitrogens is 4. The van der Waals surface area contributed by atoms with Gasteiger partial charge in [-0.1, -0.05) is 27.7 Å². The summed E-state index contributed by atoms with van der Waals surface area (Å²) in [7, 11) is 0. The van der Waals surface area contributed by atoms with E-state index in [2.05, 4.69) is 34.0 Å². The molecule has 2 atom stereocenters. The summed E-state index contributed by atoms with van der Waals surface area (Å²) >= 11 is 0. The Morgan fingerprint density at radius 1 is 1.21 bits per heavy atom. The van der Waals surface area contributed by atoms with E-state index in [4.69, 9.17) is 4.98 Å². The monoisotopic (exact) mass is 456 g/mol. The maximum atomic E-state index is 13.0. The zero-order valence-electron chi connectivity index (χ0n) is 20.5. The van der Waals surface area contributed by atoms with Crippen molar-refractivity contribution in [1.29, 1.82) is 5.26 Å². The molecule has 3 aromatic heterocycles. The molecule has 0 bridgehead atoms. The zero-order valence-corrected chi connectivity index (χ0v) is 20.5. The van der Waals surface area contributed by atoms with Crippen LogP contribution in [0.4, 0.5) is 5.82 Å². The molecule has 1 aliphatic carbocycles. The van der Waals surface area contributed by atoms with E-state index in [0.29, 0.717) is 17.3 Å². The Labute approximate surface area is 200 Å². The largest absolute Gasteiger partial charge is 0.352 e. The summed E-state index contributed by atoms with van der Waals surface area (Å²) in [5, 5.41) is 14.0. The van der Waals surface area contributed by atoms with Crippen molar-refractivity contribution in [1.82, 2.24) is 19.6 Å².